The lowest BCUT2D eigenvalue weighted by Gasteiger charge is -2.26. The van der Waals surface area contributed by atoms with Crippen LogP contribution in [-0.2, 0) is 15.7 Å². The third kappa shape index (κ3) is 8.58. The van der Waals surface area contributed by atoms with E-state index in [4.69, 9.17) is 38.8 Å². The van der Waals surface area contributed by atoms with Crippen molar-refractivity contribution in [2.24, 2.45) is 10.6 Å². The summed E-state index contributed by atoms with van der Waals surface area (Å²) in [7, 11) is -3.44. The van der Waals surface area contributed by atoms with Crippen molar-refractivity contribution in [2.45, 2.75) is 20.5 Å². The molecule has 0 spiro atoms. The number of nitrogens with zero attached hydrogens (tertiary/aromatic N) is 4. The van der Waals surface area contributed by atoms with Gasteiger partial charge in [-0.2, -0.15) is 0 Å². The van der Waals surface area contributed by atoms with E-state index in [0.29, 0.717) is 18.8 Å². The standard InChI is InChI=1S/C11H16Cl2N5O2P.C2H6/c12-5-7-18(8-6-13)21(15,19)20-9-10-1-3-11(4-2-10)16-17-14;1-2/h1-4H,5-9H2,(H2,15,19);1-2H3. The van der Waals surface area contributed by atoms with Crippen LogP contribution in [-0.4, -0.2) is 29.5 Å². The highest BCUT2D eigenvalue weighted by Crippen LogP contribution is 2.43. The molecule has 0 saturated carbocycles. The number of alkyl halides is 2. The number of halogens is 2. The highest BCUT2D eigenvalue weighted by molar-refractivity contribution is 7.53. The zero-order valence-corrected chi connectivity index (χ0v) is 15.6. The van der Waals surface area contributed by atoms with Crippen LogP contribution in [0.3, 0.4) is 0 Å². The molecule has 0 fully saturated rings. The third-order valence-corrected chi connectivity index (χ3v) is 4.62. The Bertz CT molecular complexity index is 532. The smallest absolute Gasteiger partial charge is 0.301 e. The molecule has 0 heterocycles. The van der Waals surface area contributed by atoms with Crippen LogP contribution in [0.4, 0.5) is 5.69 Å². The van der Waals surface area contributed by atoms with Crippen LogP contribution < -0.4 is 5.50 Å². The number of nitrogens with two attached hydrogens (primary N) is 1. The first-order valence-corrected chi connectivity index (χ1v) is 9.79. The van der Waals surface area contributed by atoms with Gasteiger partial charge in [-0.1, -0.05) is 43.2 Å². The van der Waals surface area contributed by atoms with Gasteiger partial charge in [0.1, 0.15) is 0 Å². The van der Waals surface area contributed by atoms with Gasteiger partial charge in [0.15, 0.2) is 0 Å². The molecule has 7 nitrogen and oxygen atoms in total. The Kier molecular flexibility index (Phi) is 12.2. The fraction of sp³-hybridized carbons (Fsp3) is 0.538. The first kappa shape index (κ1) is 22.2. The van der Waals surface area contributed by atoms with E-state index >= 15 is 0 Å². The van der Waals surface area contributed by atoms with Crippen LogP contribution in [0.5, 0.6) is 0 Å². The van der Waals surface area contributed by atoms with Gasteiger partial charge < -0.3 is 4.52 Å². The van der Waals surface area contributed by atoms with Crippen molar-refractivity contribution in [1.82, 2.24) is 4.67 Å². The maximum atomic E-state index is 12.3. The summed E-state index contributed by atoms with van der Waals surface area (Å²) in [6.07, 6.45) is 0. The highest BCUT2D eigenvalue weighted by atomic mass is 35.5. The van der Waals surface area contributed by atoms with Crippen molar-refractivity contribution < 1.29 is 9.09 Å². The van der Waals surface area contributed by atoms with Crippen molar-refractivity contribution in [3.8, 4) is 0 Å². The van der Waals surface area contributed by atoms with Crippen LogP contribution in [0.25, 0.3) is 10.4 Å². The maximum Gasteiger partial charge on any atom is 0.341 e. The number of benzene rings is 1. The van der Waals surface area contributed by atoms with E-state index in [9.17, 15) is 4.57 Å². The van der Waals surface area contributed by atoms with Gasteiger partial charge in [0.25, 0.3) is 0 Å². The van der Waals surface area contributed by atoms with E-state index in [-0.39, 0.29) is 18.4 Å². The second-order valence-electron chi connectivity index (χ2n) is 4.03. The van der Waals surface area contributed by atoms with Gasteiger partial charge in [-0.05, 0) is 11.1 Å². The first-order chi connectivity index (χ1) is 11.0. The lowest BCUT2D eigenvalue weighted by Crippen LogP contribution is -2.29. The molecular weight excluding hydrogens is 360 g/mol. The molecule has 0 radical (unpaired) electrons. The van der Waals surface area contributed by atoms with Crippen molar-refractivity contribution in [1.29, 1.82) is 0 Å². The SMILES string of the molecule is CC.[N-]=[N+]=Nc1ccc(COP(N)(=O)N(CCCl)CCCl)cc1. The van der Waals surface area contributed by atoms with E-state index in [1.807, 2.05) is 13.8 Å². The number of hydrogen-bond acceptors (Lipinski definition) is 3. The Morgan fingerprint density at radius 1 is 1.26 bits per heavy atom. The summed E-state index contributed by atoms with van der Waals surface area (Å²) in [4.78, 5) is 2.68. The molecule has 130 valence electrons. The van der Waals surface area contributed by atoms with Gasteiger partial charge in [0.05, 0.1) is 6.61 Å². The molecule has 10 heteroatoms. The second-order valence-corrected chi connectivity index (χ2v) is 6.73. The molecule has 0 bridgehead atoms. The van der Waals surface area contributed by atoms with E-state index in [1.165, 1.54) is 4.67 Å². The lowest BCUT2D eigenvalue weighted by atomic mass is 10.2. The van der Waals surface area contributed by atoms with E-state index in [1.54, 1.807) is 24.3 Å². The summed E-state index contributed by atoms with van der Waals surface area (Å²) >= 11 is 11.3. The zero-order valence-electron chi connectivity index (χ0n) is 13.2. The third-order valence-electron chi connectivity index (χ3n) is 2.59. The van der Waals surface area contributed by atoms with Crippen LogP contribution in [0.15, 0.2) is 29.4 Å². The molecule has 0 aliphatic carbocycles. The zero-order chi connectivity index (χ0) is 17.7. The largest absolute Gasteiger partial charge is 0.341 e. The quantitative estimate of drug-likeness (QED) is 0.213. The van der Waals surface area contributed by atoms with Crippen molar-refractivity contribution in [2.75, 3.05) is 24.8 Å². The van der Waals surface area contributed by atoms with Gasteiger partial charge >= 0.3 is 7.67 Å². The van der Waals surface area contributed by atoms with Crippen LogP contribution in [0, 0.1) is 0 Å². The molecule has 23 heavy (non-hydrogen) atoms. The average Bonchev–Trinajstić information content (AvgIpc) is 2.56. The minimum absolute atomic E-state index is 0.0748. The second kappa shape index (κ2) is 12.6. The van der Waals surface area contributed by atoms with Crippen molar-refractivity contribution in [3.05, 3.63) is 40.3 Å². The summed E-state index contributed by atoms with van der Waals surface area (Å²) in [6.45, 7) is 4.74. The highest BCUT2D eigenvalue weighted by Gasteiger charge is 2.26. The Morgan fingerprint density at radius 2 is 1.78 bits per heavy atom. The minimum Gasteiger partial charge on any atom is -0.301 e. The van der Waals surface area contributed by atoms with E-state index in [0.717, 1.165) is 5.56 Å². The number of rotatable bonds is 9. The van der Waals surface area contributed by atoms with Crippen molar-refractivity contribution in [3.63, 3.8) is 0 Å². The Balaban J connectivity index is 0.00000232. The fourth-order valence-electron chi connectivity index (χ4n) is 1.54. The van der Waals surface area contributed by atoms with Gasteiger partial charge in [-0.3, -0.25) is 4.57 Å². The topological polar surface area (TPSA) is 104 Å². The monoisotopic (exact) mass is 381 g/mol. The van der Waals surface area contributed by atoms with Gasteiger partial charge in [0.2, 0.25) is 0 Å². The molecule has 0 aliphatic rings. The Labute approximate surface area is 146 Å². The van der Waals surface area contributed by atoms with Gasteiger partial charge in [-0.25, -0.2) is 10.2 Å². The van der Waals surface area contributed by atoms with Gasteiger partial charge in [-0.15, -0.1) is 23.2 Å². The predicted molar refractivity (Wildman–Crippen MR) is 96.2 cm³/mol. The Morgan fingerprint density at radius 3 is 2.22 bits per heavy atom. The fourth-order valence-corrected chi connectivity index (χ4v) is 3.44. The summed E-state index contributed by atoms with van der Waals surface area (Å²) < 4.78 is 19.1. The molecule has 1 aromatic rings. The molecule has 1 aromatic carbocycles. The normalized spacial score (nSPS) is 12.8. The molecule has 0 amide bonds. The molecular formula is C13H22Cl2N5O2P. The number of hydrogen-bond donors (Lipinski definition) is 1. The molecule has 2 N–H and O–H groups in total. The Hall–Kier alpha value is -0.780. The summed E-state index contributed by atoms with van der Waals surface area (Å²) in [5.41, 5.74) is 15.3. The lowest BCUT2D eigenvalue weighted by molar-refractivity contribution is 0.257. The molecule has 0 aromatic heterocycles. The molecule has 1 atom stereocenters. The molecule has 0 aliphatic heterocycles. The predicted octanol–water partition coefficient (Wildman–Crippen LogP) is 5.02. The first-order valence-electron chi connectivity index (χ1n) is 7.08. The summed E-state index contributed by atoms with van der Waals surface area (Å²) in [5.74, 6) is 0.560. The molecule has 1 unspecified atom stereocenters. The average molecular weight is 382 g/mol. The van der Waals surface area contributed by atoms with Crippen LogP contribution in [0.1, 0.15) is 19.4 Å². The summed E-state index contributed by atoms with van der Waals surface area (Å²) in [5, 5.41) is 3.46. The summed E-state index contributed by atoms with van der Waals surface area (Å²) in [6, 6.07) is 6.68. The van der Waals surface area contributed by atoms with Crippen molar-refractivity contribution >= 4 is 36.6 Å². The van der Waals surface area contributed by atoms with Crippen LogP contribution >= 0.6 is 30.9 Å². The number of azide groups is 1. The minimum atomic E-state index is -3.44. The van der Waals surface area contributed by atoms with Crippen LogP contribution in [0.2, 0.25) is 0 Å². The maximum absolute atomic E-state index is 12.3. The van der Waals surface area contributed by atoms with E-state index < -0.39 is 7.67 Å². The molecule has 1 rings (SSSR count). The van der Waals surface area contributed by atoms with Gasteiger partial charge in [0, 0.05) is 35.4 Å². The van der Waals surface area contributed by atoms with E-state index in [2.05, 4.69) is 10.0 Å². The molecule has 0 saturated heterocycles.